The van der Waals surface area contributed by atoms with E-state index in [2.05, 4.69) is 53.2 Å². The van der Waals surface area contributed by atoms with Gasteiger partial charge in [-0.15, -0.1) is 0 Å². The van der Waals surface area contributed by atoms with E-state index in [0.29, 0.717) is 18.5 Å². The second-order valence-corrected chi connectivity index (χ2v) is 6.23. The number of ether oxygens (including phenoxy) is 1. The van der Waals surface area contributed by atoms with Crippen molar-refractivity contribution in [2.45, 2.75) is 39.7 Å². The Labute approximate surface area is 144 Å². The van der Waals surface area contributed by atoms with E-state index < -0.39 is 0 Å². The zero-order chi connectivity index (χ0) is 17.7. The zero-order valence-corrected chi connectivity index (χ0v) is 15.4. The van der Waals surface area contributed by atoms with E-state index in [4.69, 9.17) is 4.74 Å². The standard InChI is InChI=1S/C18H27N5O/c1-7-24-15-10-8-14(9-11-15)13(4)19-17-20-16(12(2)3)21-18(22-17)23(5)6/h8-13H,7H2,1-6H3,(H,19,20,21,22). The second-order valence-electron chi connectivity index (χ2n) is 6.23. The molecule has 1 heterocycles. The van der Waals surface area contributed by atoms with Crippen LogP contribution >= 0.6 is 0 Å². The third-order valence-corrected chi connectivity index (χ3v) is 3.59. The molecule has 0 bridgehead atoms. The van der Waals surface area contributed by atoms with E-state index in [-0.39, 0.29) is 12.0 Å². The molecule has 0 amide bonds. The molecule has 0 radical (unpaired) electrons. The summed E-state index contributed by atoms with van der Waals surface area (Å²) >= 11 is 0. The largest absolute Gasteiger partial charge is 0.494 e. The van der Waals surface area contributed by atoms with Crippen molar-refractivity contribution in [3.05, 3.63) is 35.7 Å². The van der Waals surface area contributed by atoms with Crippen molar-refractivity contribution in [3.8, 4) is 5.75 Å². The molecule has 6 heteroatoms. The average Bonchev–Trinajstić information content (AvgIpc) is 2.55. The van der Waals surface area contributed by atoms with Crippen LogP contribution < -0.4 is 15.0 Å². The summed E-state index contributed by atoms with van der Waals surface area (Å²) in [6.45, 7) is 8.89. The maximum Gasteiger partial charge on any atom is 0.229 e. The van der Waals surface area contributed by atoms with Crippen molar-refractivity contribution < 1.29 is 4.74 Å². The molecule has 0 fully saturated rings. The molecule has 1 unspecified atom stereocenters. The number of benzene rings is 1. The molecule has 2 rings (SSSR count). The van der Waals surface area contributed by atoms with Gasteiger partial charge in [0.1, 0.15) is 11.6 Å². The number of nitrogens with one attached hydrogen (secondary N) is 1. The molecule has 0 spiro atoms. The van der Waals surface area contributed by atoms with Gasteiger partial charge in [0.25, 0.3) is 0 Å². The quantitative estimate of drug-likeness (QED) is 0.837. The van der Waals surface area contributed by atoms with E-state index in [0.717, 1.165) is 17.1 Å². The van der Waals surface area contributed by atoms with E-state index in [1.165, 1.54) is 0 Å². The summed E-state index contributed by atoms with van der Waals surface area (Å²) in [7, 11) is 3.86. The highest BCUT2D eigenvalue weighted by molar-refractivity contribution is 5.39. The Bertz CT molecular complexity index is 629. The van der Waals surface area contributed by atoms with Gasteiger partial charge in [0, 0.05) is 20.0 Å². The van der Waals surface area contributed by atoms with Crippen LogP contribution in [0, 0.1) is 0 Å². The molecule has 0 aliphatic carbocycles. The van der Waals surface area contributed by atoms with E-state index in [1.807, 2.05) is 38.1 Å². The van der Waals surface area contributed by atoms with E-state index >= 15 is 0 Å². The van der Waals surface area contributed by atoms with Crippen LogP contribution in [0.2, 0.25) is 0 Å². The van der Waals surface area contributed by atoms with E-state index in [9.17, 15) is 0 Å². The molecule has 0 aliphatic heterocycles. The first-order valence-corrected chi connectivity index (χ1v) is 8.33. The lowest BCUT2D eigenvalue weighted by Crippen LogP contribution is -2.18. The molecular formula is C18H27N5O. The maximum absolute atomic E-state index is 5.48. The number of anilines is 2. The molecular weight excluding hydrogens is 302 g/mol. The van der Waals surface area contributed by atoms with Crippen LogP contribution in [0.25, 0.3) is 0 Å². The fourth-order valence-electron chi connectivity index (χ4n) is 2.20. The van der Waals surface area contributed by atoms with Crippen LogP contribution in [0.3, 0.4) is 0 Å². The summed E-state index contributed by atoms with van der Waals surface area (Å²) in [5.41, 5.74) is 1.15. The van der Waals surface area contributed by atoms with Crippen molar-refractivity contribution in [3.63, 3.8) is 0 Å². The number of nitrogens with zero attached hydrogens (tertiary/aromatic N) is 4. The Kier molecular flexibility index (Phi) is 5.95. The maximum atomic E-state index is 5.48. The van der Waals surface area contributed by atoms with Gasteiger partial charge in [0.05, 0.1) is 12.6 Å². The van der Waals surface area contributed by atoms with Crippen LogP contribution in [0.5, 0.6) is 5.75 Å². The third kappa shape index (κ3) is 4.57. The molecule has 6 nitrogen and oxygen atoms in total. The van der Waals surface area contributed by atoms with Crippen molar-refractivity contribution >= 4 is 11.9 Å². The van der Waals surface area contributed by atoms with Gasteiger partial charge in [-0.05, 0) is 31.5 Å². The first kappa shape index (κ1) is 18.0. The minimum absolute atomic E-state index is 0.0816. The third-order valence-electron chi connectivity index (χ3n) is 3.59. The van der Waals surface area contributed by atoms with Crippen LogP contribution in [-0.2, 0) is 0 Å². The summed E-state index contributed by atoms with van der Waals surface area (Å²) in [6.07, 6.45) is 0. The number of hydrogen-bond acceptors (Lipinski definition) is 6. The molecule has 24 heavy (non-hydrogen) atoms. The minimum atomic E-state index is 0.0816. The summed E-state index contributed by atoms with van der Waals surface area (Å²) in [4.78, 5) is 15.4. The van der Waals surface area contributed by atoms with Crippen molar-refractivity contribution in [2.24, 2.45) is 0 Å². The molecule has 1 atom stereocenters. The van der Waals surface area contributed by atoms with Crippen molar-refractivity contribution in [1.29, 1.82) is 0 Å². The van der Waals surface area contributed by atoms with Gasteiger partial charge >= 0.3 is 0 Å². The summed E-state index contributed by atoms with van der Waals surface area (Å²) < 4.78 is 5.48. The Morgan fingerprint density at radius 2 is 1.71 bits per heavy atom. The molecule has 1 N–H and O–H groups in total. The van der Waals surface area contributed by atoms with Crippen molar-refractivity contribution in [2.75, 3.05) is 30.9 Å². The first-order chi connectivity index (χ1) is 11.4. The number of hydrogen-bond donors (Lipinski definition) is 1. The smallest absolute Gasteiger partial charge is 0.229 e. The molecule has 2 aromatic rings. The Balaban J connectivity index is 2.19. The average molecular weight is 329 g/mol. The second kappa shape index (κ2) is 7.95. The molecule has 1 aromatic carbocycles. The predicted octanol–water partition coefficient (Wildman–Crippen LogP) is 3.63. The normalized spacial score (nSPS) is 12.1. The van der Waals surface area contributed by atoms with Crippen LogP contribution in [0.15, 0.2) is 24.3 Å². The van der Waals surface area contributed by atoms with Gasteiger partial charge in [0.15, 0.2) is 0 Å². The van der Waals surface area contributed by atoms with Crippen molar-refractivity contribution in [1.82, 2.24) is 15.0 Å². The number of aromatic nitrogens is 3. The molecule has 0 saturated carbocycles. The molecule has 0 aliphatic rings. The zero-order valence-electron chi connectivity index (χ0n) is 15.4. The van der Waals surface area contributed by atoms with Gasteiger partial charge < -0.3 is 15.0 Å². The Hall–Kier alpha value is -2.37. The van der Waals surface area contributed by atoms with Crippen LogP contribution in [0.1, 0.15) is 51.0 Å². The molecule has 130 valence electrons. The monoisotopic (exact) mass is 329 g/mol. The van der Waals surface area contributed by atoms with Gasteiger partial charge in [-0.1, -0.05) is 26.0 Å². The fourth-order valence-corrected chi connectivity index (χ4v) is 2.20. The highest BCUT2D eigenvalue weighted by Crippen LogP contribution is 2.22. The summed E-state index contributed by atoms with van der Waals surface area (Å²) in [5.74, 6) is 3.17. The van der Waals surface area contributed by atoms with Gasteiger partial charge in [-0.2, -0.15) is 15.0 Å². The highest BCUT2D eigenvalue weighted by atomic mass is 16.5. The topological polar surface area (TPSA) is 63.2 Å². The van der Waals surface area contributed by atoms with Crippen LogP contribution in [0.4, 0.5) is 11.9 Å². The highest BCUT2D eigenvalue weighted by Gasteiger charge is 2.13. The first-order valence-electron chi connectivity index (χ1n) is 8.33. The SMILES string of the molecule is CCOc1ccc(C(C)Nc2nc(C(C)C)nc(N(C)C)n2)cc1. The molecule has 0 saturated heterocycles. The summed E-state index contributed by atoms with van der Waals surface area (Å²) in [6, 6.07) is 8.16. The Morgan fingerprint density at radius 3 is 2.25 bits per heavy atom. The lowest BCUT2D eigenvalue weighted by atomic mass is 10.1. The van der Waals surface area contributed by atoms with E-state index in [1.54, 1.807) is 0 Å². The molecule has 1 aromatic heterocycles. The van der Waals surface area contributed by atoms with Crippen LogP contribution in [-0.4, -0.2) is 35.7 Å². The number of rotatable bonds is 7. The lowest BCUT2D eigenvalue weighted by molar-refractivity contribution is 0.340. The predicted molar refractivity (Wildman–Crippen MR) is 97.9 cm³/mol. The lowest BCUT2D eigenvalue weighted by Gasteiger charge is -2.18. The minimum Gasteiger partial charge on any atom is -0.494 e. The Morgan fingerprint density at radius 1 is 1.04 bits per heavy atom. The summed E-state index contributed by atoms with van der Waals surface area (Å²) in [5, 5.41) is 3.37. The van der Waals surface area contributed by atoms with Gasteiger partial charge in [0.2, 0.25) is 11.9 Å². The van der Waals surface area contributed by atoms with Gasteiger partial charge in [-0.3, -0.25) is 0 Å². The fraction of sp³-hybridized carbons (Fsp3) is 0.500. The van der Waals surface area contributed by atoms with Gasteiger partial charge in [-0.25, -0.2) is 0 Å².